The van der Waals surface area contributed by atoms with E-state index >= 15 is 0 Å². The van der Waals surface area contributed by atoms with Gasteiger partial charge in [0, 0.05) is 6.54 Å². The first kappa shape index (κ1) is 12.5. The summed E-state index contributed by atoms with van der Waals surface area (Å²) in [6, 6.07) is 5.13. The fourth-order valence-electron chi connectivity index (χ4n) is 1.05. The molecule has 0 aliphatic rings. The van der Waals surface area contributed by atoms with Gasteiger partial charge in [-0.05, 0) is 17.7 Å². The minimum absolute atomic E-state index is 0.0464. The Balaban J connectivity index is 2.40. The van der Waals surface area contributed by atoms with E-state index in [0.717, 1.165) is 0 Å². The van der Waals surface area contributed by atoms with E-state index in [2.05, 4.69) is 5.32 Å². The Morgan fingerprint density at radius 1 is 1.19 bits per heavy atom. The molecule has 0 aromatic heterocycles. The topological polar surface area (TPSA) is 29.1 Å². The van der Waals surface area contributed by atoms with Gasteiger partial charge in [-0.25, -0.2) is 4.39 Å². The normalized spacial score (nSPS) is 11.2. The van der Waals surface area contributed by atoms with Gasteiger partial charge in [-0.1, -0.05) is 12.1 Å². The van der Waals surface area contributed by atoms with Gasteiger partial charge in [0.25, 0.3) is 0 Å². The third-order valence-corrected chi connectivity index (χ3v) is 1.76. The van der Waals surface area contributed by atoms with Crippen molar-refractivity contribution in [1.82, 2.24) is 5.32 Å². The first-order valence-corrected chi connectivity index (χ1v) is 4.45. The number of hydrogen-bond acceptors (Lipinski definition) is 1. The van der Waals surface area contributed by atoms with E-state index in [0.29, 0.717) is 5.56 Å². The van der Waals surface area contributed by atoms with Crippen LogP contribution < -0.4 is 5.32 Å². The Bertz CT molecular complexity index is 358. The van der Waals surface area contributed by atoms with Crippen LogP contribution in [0.15, 0.2) is 24.3 Å². The smallest absolute Gasteiger partial charge is 0.352 e. The highest BCUT2D eigenvalue weighted by Gasteiger charge is 2.30. The standard InChI is InChI=1S/C10H9F4NO/c11-8-3-1-7(2-4-8)6-15-9(16)5-10(12,13)14/h1-4H,5-6H2,(H,15,16). The molecule has 1 amide bonds. The molecule has 0 fully saturated rings. The van der Waals surface area contributed by atoms with Crippen LogP contribution in [0.4, 0.5) is 17.6 Å². The van der Waals surface area contributed by atoms with Crippen LogP contribution in [-0.4, -0.2) is 12.1 Å². The number of nitrogens with one attached hydrogen (secondary N) is 1. The van der Waals surface area contributed by atoms with Crippen LogP contribution in [0.3, 0.4) is 0 Å². The molecule has 0 aliphatic heterocycles. The first-order valence-electron chi connectivity index (χ1n) is 4.45. The van der Waals surface area contributed by atoms with Crippen molar-refractivity contribution in [3.05, 3.63) is 35.6 Å². The molecule has 1 aromatic rings. The summed E-state index contributed by atoms with van der Waals surface area (Å²) in [5.41, 5.74) is 0.539. The second kappa shape index (κ2) is 4.96. The zero-order valence-corrected chi connectivity index (χ0v) is 8.14. The number of hydrogen-bond donors (Lipinski definition) is 1. The molecule has 6 heteroatoms. The Morgan fingerprint density at radius 3 is 2.25 bits per heavy atom. The molecule has 1 N–H and O–H groups in total. The monoisotopic (exact) mass is 235 g/mol. The molecule has 0 bridgehead atoms. The Morgan fingerprint density at radius 2 is 1.75 bits per heavy atom. The summed E-state index contributed by atoms with van der Waals surface area (Å²) in [7, 11) is 0. The fourth-order valence-corrected chi connectivity index (χ4v) is 1.05. The Hall–Kier alpha value is -1.59. The zero-order valence-electron chi connectivity index (χ0n) is 8.14. The summed E-state index contributed by atoms with van der Waals surface area (Å²) in [4.78, 5) is 10.8. The predicted molar refractivity (Wildman–Crippen MR) is 48.9 cm³/mol. The van der Waals surface area contributed by atoms with Crippen molar-refractivity contribution in [3.63, 3.8) is 0 Å². The molecule has 0 atom stereocenters. The predicted octanol–water partition coefficient (Wildman–Crippen LogP) is 2.39. The third-order valence-electron chi connectivity index (χ3n) is 1.76. The summed E-state index contributed by atoms with van der Waals surface area (Å²) in [6.45, 7) is -0.0464. The second-order valence-electron chi connectivity index (χ2n) is 3.20. The van der Waals surface area contributed by atoms with Gasteiger partial charge in [0.15, 0.2) is 0 Å². The van der Waals surface area contributed by atoms with Crippen LogP contribution in [0.25, 0.3) is 0 Å². The number of alkyl halides is 3. The number of amides is 1. The van der Waals surface area contributed by atoms with Gasteiger partial charge in [0.2, 0.25) is 5.91 Å². The molecule has 2 nitrogen and oxygen atoms in total. The van der Waals surface area contributed by atoms with E-state index in [1.807, 2.05) is 0 Å². The zero-order chi connectivity index (χ0) is 12.2. The molecular weight excluding hydrogens is 226 g/mol. The summed E-state index contributed by atoms with van der Waals surface area (Å²) < 4.78 is 47.8. The Kier molecular flexibility index (Phi) is 3.87. The van der Waals surface area contributed by atoms with Gasteiger partial charge in [0.1, 0.15) is 12.2 Å². The number of carbonyl (C=O) groups excluding carboxylic acids is 1. The molecule has 0 saturated carbocycles. The number of rotatable bonds is 3. The lowest BCUT2D eigenvalue weighted by Gasteiger charge is -2.07. The number of carbonyl (C=O) groups is 1. The minimum atomic E-state index is -4.51. The molecule has 1 aromatic carbocycles. The Labute approximate surface area is 89.3 Å². The molecule has 88 valence electrons. The maximum atomic E-state index is 12.5. The average Bonchev–Trinajstić information content (AvgIpc) is 2.14. The lowest BCUT2D eigenvalue weighted by atomic mass is 10.2. The maximum absolute atomic E-state index is 12.5. The molecule has 0 spiro atoms. The van der Waals surface area contributed by atoms with Crippen molar-refractivity contribution in [2.45, 2.75) is 19.1 Å². The molecule has 0 saturated heterocycles. The van der Waals surface area contributed by atoms with Crippen molar-refractivity contribution in [2.24, 2.45) is 0 Å². The van der Waals surface area contributed by atoms with Gasteiger partial charge in [0.05, 0.1) is 0 Å². The molecule has 0 unspecified atom stereocenters. The van der Waals surface area contributed by atoms with Crippen molar-refractivity contribution in [1.29, 1.82) is 0 Å². The van der Waals surface area contributed by atoms with Crippen LogP contribution in [0.1, 0.15) is 12.0 Å². The van der Waals surface area contributed by atoms with E-state index in [1.165, 1.54) is 24.3 Å². The molecule has 1 rings (SSSR count). The van der Waals surface area contributed by atoms with Crippen LogP contribution in [0.2, 0.25) is 0 Å². The third kappa shape index (κ3) is 4.77. The second-order valence-corrected chi connectivity index (χ2v) is 3.20. The highest BCUT2D eigenvalue weighted by Crippen LogP contribution is 2.18. The van der Waals surface area contributed by atoms with Gasteiger partial charge in [-0.15, -0.1) is 0 Å². The van der Waals surface area contributed by atoms with Crippen molar-refractivity contribution in [2.75, 3.05) is 0 Å². The molecule has 16 heavy (non-hydrogen) atoms. The maximum Gasteiger partial charge on any atom is 0.397 e. The van der Waals surface area contributed by atoms with Crippen LogP contribution in [0, 0.1) is 5.82 Å². The quantitative estimate of drug-likeness (QED) is 0.801. The highest BCUT2D eigenvalue weighted by atomic mass is 19.4. The fraction of sp³-hybridized carbons (Fsp3) is 0.300. The summed E-state index contributed by atoms with van der Waals surface area (Å²) >= 11 is 0. The molecule has 0 heterocycles. The lowest BCUT2D eigenvalue weighted by Crippen LogP contribution is -2.28. The molecular formula is C10H9F4NO. The molecule has 0 radical (unpaired) electrons. The van der Waals surface area contributed by atoms with E-state index in [1.54, 1.807) is 0 Å². The van der Waals surface area contributed by atoms with Gasteiger partial charge in [-0.3, -0.25) is 4.79 Å². The van der Waals surface area contributed by atoms with Crippen molar-refractivity contribution >= 4 is 5.91 Å². The van der Waals surface area contributed by atoms with Gasteiger partial charge in [-0.2, -0.15) is 13.2 Å². The lowest BCUT2D eigenvalue weighted by molar-refractivity contribution is -0.153. The summed E-state index contributed by atoms with van der Waals surface area (Å²) in [6.07, 6.45) is -6.01. The minimum Gasteiger partial charge on any atom is -0.352 e. The van der Waals surface area contributed by atoms with E-state index in [-0.39, 0.29) is 6.54 Å². The number of benzene rings is 1. The van der Waals surface area contributed by atoms with Crippen LogP contribution in [-0.2, 0) is 11.3 Å². The number of halogens is 4. The van der Waals surface area contributed by atoms with Crippen LogP contribution >= 0.6 is 0 Å². The van der Waals surface area contributed by atoms with Gasteiger partial charge >= 0.3 is 6.18 Å². The van der Waals surface area contributed by atoms with Gasteiger partial charge < -0.3 is 5.32 Å². The summed E-state index contributed by atoms with van der Waals surface area (Å²) in [5, 5.41) is 2.09. The highest BCUT2D eigenvalue weighted by molar-refractivity contribution is 5.76. The van der Waals surface area contributed by atoms with E-state index in [4.69, 9.17) is 0 Å². The van der Waals surface area contributed by atoms with Crippen molar-refractivity contribution in [3.8, 4) is 0 Å². The SMILES string of the molecule is O=C(CC(F)(F)F)NCc1ccc(F)cc1. The largest absolute Gasteiger partial charge is 0.397 e. The molecule has 0 aliphatic carbocycles. The average molecular weight is 235 g/mol. The van der Waals surface area contributed by atoms with E-state index in [9.17, 15) is 22.4 Å². The van der Waals surface area contributed by atoms with Crippen LogP contribution in [0.5, 0.6) is 0 Å². The van der Waals surface area contributed by atoms with E-state index < -0.39 is 24.3 Å². The van der Waals surface area contributed by atoms with Crippen molar-refractivity contribution < 1.29 is 22.4 Å². The summed E-state index contributed by atoms with van der Waals surface area (Å²) in [5.74, 6) is -1.54. The first-order chi connectivity index (χ1) is 7.37.